The van der Waals surface area contributed by atoms with E-state index in [0.717, 1.165) is 53.3 Å². The third-order valence-electron chi connectivity index (χ3n) is 11.8. The van der Waals surface area contributed by atoms with E-state index in [-0.39, 0.29) is 18.2 Å². The minimum Gasteiger partial charge on any atom is -0.318 e. The van der Waals surface area contributed by atoms with Crippen molar-refractivity contribution >= 4 is 51.1 Å². The quantitative estimate of drug-likeness (QED) is 0.138. The summed E-state index contributed by atoms with van der Waals surface area (Å²) in [5.74, 6) is 0.266. The summed E-state index contributed by atoms with van der Waals surface area (Å²) in [4.78, 5) is 10.1. The number of nitrogens with zero attached hydrogens (tertiary/aromatic N) is 5. The van der Waals surface area contributed by atoms with E-state index < -0.39 is 0 Å². The molecular weight excluding hydrogens is 695 g/mol. The van der Waals surface area contributed by atoms with Crippen LogP contribution in [0.2, 0.25) is 0 Å². The molecule has 6 aromatic rings. The molecule has 0 aliphatic carbocycles. The van der Waals surface area contributed by atoms with Crippen LogP contribution in [-0.4, -0.2) is 12.3 Å². The van der Waals surface area contributed by atoms with Crippen molar-refractivity contribution in [3.05, 3.63) is 187 Å². The highest BCUT2D eigenvalue weighted by Crippen LogP contribution is 2.57. The summed E-state index contributed by atoms with van der Waals surface area (Å²) >= 11 is 0. The number of allylic oxidation sites excluding steroid dienone is 5. The van der Waals surface area contributed by atoms with E-state index in [4.69, 9.17) is 0 Å². The molecule has 0 saturated carbocycles. The Bertz CT molecular complexity index is 2540. The number of rotatable bonds is 9. The smallest absolute Gasteiger partial charge is 0.114 e. The van der Waals surface area contributed by atoms with Gasteiger partial charge in [-0.25, -0.2) is 0 Å². The molecule has 0 bridgehead atoms. The first kappa shape index (κ1) is 35.9. The highest BCUT2D eigenvalue weighted by molar-refractivity contribution is 5.95. The van der Waals surface area contributed by atoms with Crippen LogP contribution in [0.4, 0.5) is 45.5 Å². The second-order valence-corrected chi connectivity index (χ2v) is 15.2. The lowest BCUT2D eigenvalue weighted by Crippen LogP contribution is -2.47. The fourth-order valence-corrected chi connectivity index (χ4v) is 9.33. The van der Waals surface area contributed by atoms with E-state index >= 15 is 0 Å². The van der Waals surface area contributed by atoms with Gasteiger partial charge in [0.25, 0.3) is 0 Å². The summed E-state index contributed by atoms with van der Waals surface area (Å²) in [5.41, 5.74) is 15.9. The Morgan fingerprint density at radius 1 is 0.684 bits per heavy atom. The highest BCUT2D eigenvalue weighted by atomic mass is 15.4. The Kier molecular flexibility index (Phi) is 9.48. The van der Waals surface area contributed by atoms with E-state index in [1.807, 2.05) is 12.2 Å². The van der Waals surface area contributed by atoms with Crippen LogP contribution in [0, 0.1) is 17.2 Å². The molecule has 0 fully saturated rings. The molecule has 5 heteroatoms. The van der Waals surface area contributed by atoms with Gasteiger partial charge in [0, 0.05) is 28.3 Å². The number of hydrogen-bond donors (Lipinski definition) is 0. The molecule has 0 amide bonds. The predicted octanol–water partition coefficient (Wildman–Crippen LogP) is 13.6. The maximum atomic E-state index is 10.7. The van der Waals surface area contributed by atoms with Crippen molar-refractivity contribution in [2.24, 2.45) is 5.92 Å². The monoisotopic (exact) mass is 741 g/mol. The average molecular weight is 742 g/mol. The van der Waals surface area contributed by atoms with Gasteiger partial charge in [0.05, 0.1) is 34.4 Å². The molecule has 0 N–H and O–H groups in total. The fraction of sp³-hybridized carbons (Fsp3) is 0.173. The van der Waals surface area contributed by atoms with Crippen LogP contribution in [0.25, 0.3) is 16.7 Å². The maximum Gasteiger partial charge on any atom is 0.114 e. The predicted molar refractivity (Wildman–Crippen MR) is 239 cm³/mol. The molecule has 0 saturated heterocycles. The number of benzene rings is 6. The van der Waals surface area contributed by atoms with Gasteiger partial charge in [-0.05, 0) is 109 Å². The zero-order valence-corrected chi connectivity index (χ0v) is 32.9. The summed E-state index contributed by atoms with van der Waals surface area (Å²) < 4.78 is 0. The van der Waals surface area contributed by atoms with Gasteiger partial charge in [-0.15, -0.1) is 0 Å². The molecule has 3 aliphatic heterocycles. The number of para-hydroxylation sites is 4. The Morgan fingerprint density at radius 3 is 1.84 bits per heavy atom. The Morgan fingerprint density at radius 2 is 1.23 bits per heavy atom. The lowest BCUT2D eigenvalue weighted by atomic mass is 9.88. The molecule has 0 spiro atoms. The Labute approximate surface area is 337 Å². The molecule has 57 heavy (non-hydrogen) atoms. The van der Waals surface area contributed by atoms with Crippen molar-refractivity contribution in [3.8, 4) is 17.2 Å². The van der Waals surface area contributed by atoms with Gasteiger partial charge in [0.2, 0.25) is 0 Å². The minimum absolute atomic E-state index is 0.0327. The van der Waals surface area contributed by atoms with Crippen LogP contribution < -0.4 is 19.6 Å². The number of fused-ring (bicyclic) bond motifs is 6. The van der Waals surface area contributed by atoms with Crippen molar-refractivity contribution in [2.75, 3.05) is 19.6 Å². The number of nitriles is 1. The van der Waals surface area contributed by atoms with Crippen LogP contribution in [-0.2, 0) is 6.42 Å². The van der Waals surface area contributed by atoms with Gasteiger partial charge in [-0.2, -0.15) is 5.26 Å². The first-order chi connectivity index (χ1) is 28.0. The summed E-state index contributed by atoms with van der Waals surface area (Å²) in [6, 6.07) is 52.9. The Balaban J connectivity index is 1.15. The van der Waals surface area contributed by atoms with E-state index in [9.17, 15) is 5.26 Å². The highest BCUT2D eigenvalue weighted by Gasteiger charge is 2.47. The zero-order valence-electron chi connectivity index (χ0n) is 32.9. The van der Waals surface area contributed by atoms with Gasteiger partial charge in [0.15, 0.2) is 0 Å². The molecule has 280 valence electrons. The van der Waals surface area contributed by atoms with Crippen LogP contribution in [0.1, 0.15) is 50.3 Å². The standard InChI is InChI=1S/C52H47N5/c1-5-8-17-38(7-3)40-24-30-43(31-25-40)55-46-21-13-15-23-48(46)57-50-34-37(35-53)33-49(44(50)32-36(4)52(55)57)56-47-22-14-12-20-45(47)54(51(56)16-6-2)42-28-26-41(27-29-42)39-18-10-9-11-19-39/h5,7-15,17-31,33-34,36,51-52H,1,6,16,32H2,2-4H3/b17-8-,38-7+. The topological polar surface area (TPSA) is 36.8 Å². The summed E-state index contributed by atoms with van der Waals surface area (Å²) in [6.07, 6.45) is 10.9. The summed E-state index contributed by atoms with van der Waals surface area (Å²) in [6.45, 7) is 10.6. The summed E-state index contributed by atoms with van der Waals surface area (Å²) in [7, 11) is 0. The average Bonchev–Trinajstić information content (AvgIpc) is 3.78. The van der Waals surface area contributed by atoms with E-state index in [1.165, 1.54) is 39.3 Å². The molecule has 3 atom stereocenters. The normalized spacial score (nSPS) is 18.3. The largest absolute Gasteiger partial charge is 0.318 e. The van der Waals surface area contributed by atoms with Gasteiger partial charge >= 0.3 is 0 Å². The van der Waals surface area contributed by atoms with Gasteiger partial charge in [-0.1, -0.05) is 130 Å². The van der Waals surface area contributed by atoms with E-state index in [2.05, 4.69) is 205 Å². The first-order valence-electron chi connectivity index (χ1n) is 20.2. The van der Waals surface area contributed by atoms with Crippen LogP contribution >= 0.6 is 0 Å². The number of hydrogen-bond acceptors (Lipinski definition) is 5. The van der Waals surface area contributed by atoms with Gasteiger partial charge < -0.3 is 19.6 Å². The SMILES string of the molecule is C=C/C=C\C(=C/C)c1ccc(N2c3ccccc3N3c4cc(C#N)cc(N5c6ccccc6N(c6ccc(-c7ccccc7)cc6)C5CCC)c4CC(C)C23)cc1. The first-order valence-corrected chi connectivity index (χ1v) is 20.2. The fourth-order valence-electron chi connectivity index (χ4n) is 9.33. The van der Waals surface area contributed by atoms with Gasteiger partial charge in [0.1, 0.15) is 12.3 Å². The molecule has 6 aromatic carbocycles. The second kappa shape index (κ2) is 15.0. The van der Waals surface area contributed by atoms with Crippen molar-refractivity contribution in [2.45, 2.75) is 52.4 Å². The molecule has 0 aromatic heterocycles. The van der Waals surface area contributed by atoms with Crippen molar-refractivity contribution in [1.29, 1.82) is 5.26 Å². The third-order valence-corrected chi connectivity index (χ3v) is 11.8. The van der Waals surface area contributed by atoms with Crippen molar-refractivity contribution < 1.29 is 0 Å². The van der Waals surface area contributed by atoms with Crippen LogP contribution in [0.3, 0.4) is 0 Å². The van der Waals surface area contributed by atoms with E-state index in [1.54, 1.807) is 0 Å². The summed E-state index contributed by atoms with van der Waals surface area (Å²) in [5, 5.41) is 10.7. The van der Waals surface area contributed by atoms with Gasteiger partial charge in [-0.3, -0.25) is 0 Å². The third kappa shape index (κ3) is 6.09. The number of anilines is 8. The minimum atomic E-state index is 0.0327. The molecule has 5 nitrogen and oxygen atoms in total. The van der Waals surface area contributed by atoms with Crippen molar-refractivity contribution in [3.63, 3.8) is 0 Å². The lowest BCUT2D eigenvalue weighted by Gasteiger charge is -2.44. The van der Waals surface area contributed by atoms with Crippen LogP contribution in [0.15, 0.2) is 170 Å². The molecule has 0 radical (unpaired) electrons. The second-order valence-electron chi connectivity index (χ2n) is 15.2. The van der Waals surface area contributed by atoms with Crippen molar-refractivity contribution in [1.82, 2.24) is 0 Å². The van der Waals surface area contributed by atoms with E-state index in [0.29, 0.717) is 5.56 Å². The maximum absolute atomic E-state index is 10.7. The molecular formula is C52H47N5. The zero-order chi connectivity index (χ0) is 39.0. The molecule has 3 aliphatic rings. The lowest BCUT2D eigenvalue weighted by molar-refractivity contribution is 0.445. The molecule has 3 heterocycles. The molecule has 9 rings (SSSR count). The molecule has 3 unspecified atom stereocenters. The Hall–Kier alpha value is -6.77. The van der Waals surface area contributed by atoms with Crippen LogP contribution in [0.5, 0.6) is 0 Å².